The van der Waals surface area contributed by atoms with Crippen LogP contribution < -0.4 is 9.84 Å². The van der Waals surface area contributed by atoms with Crippen LogP contribution in [0, 0.1) is 5.92 Å². The predicted molar refractivity (Wildman–Crippen MR) is 114 cm³/mol. The lowest BCUT2D eigenvalue weighted by Gasteiger charge is -2.30. The highest BCUT2D eigenvalue weighted by Gasteiger charge is 2.39. The zero-order valence-electron chi connectivity index (χ0n) is 15.8. The minimum Gasteiger partial charge on any atom is -0.548 e. The molecule has 1 aliphatic rings. The number of carboxylic acids is 1. The van der Waals surface area contributed by atoms with Crippen molar-refractivity contribution >= 4 is 57.0 Å². The summed E-state index contributed by atoms with van der Waals surface area (Å²) >= 11 is 6.41. The number of hydrogen-bond acceptors (Lipinski definition) is 6. The van der Waals surface area contributed by atoms with Crippen LogP contribution in [0.3, 0.4) is 0 Å². The molecule has 0 saturated carbocycles. The maximum absolute atomic E-state index is 13.0. The molecule has 146 valence electrons. The Hall–Kier alpha value is -2.38. The lowest BCUT2D eigenvalue weighted by molar-refractivity contribution is -0.311. The quantitative estimate of drug-likeness (QED) is 0.534. The number of thiocarbonyl (C=S) groups is 1. The Morgan fingerprint density at radius 1 is 1.29 bits per heavy atom. The average Bonchev–Trinajstić information content (AvgIpc) is 2.91. The normalized spacial score (nSPS) is 17.0. The molecule has 7 heteroatoms. The molecule has 0 N–H and O–H groups in total. The summed E-state index contributed by atoms with van der Waals surface area (Å²) in [7, 11) is 0. The van der Waals surface area contributed by atoms with Gasteiger partial charge in [0.25, 0.3) is 5.91 Å². The van der Waals surface area contributed by atoms with E-state index in [0.717, 1.165) is 33.0 Å². The van der Waals surface area contributed by atoms with E-state index in [1.54, 1.807) is 19.9 Å². The lowest BCUT2D eigenvalue weighted by atomic mass is 10.0. The number of fused-ring (bicyclic) bond motifs is 1. The van der Waals surface area contributed by atoms with E-state index < -0.39 is 17.9 Å². The van der Waals surface area contributed by atoms with Crippen LogP contribution >= 0.6 is 24.0 Å². The largest absolute Gasteiger partial charge is 0.548 e. The lowest BCUT2D eigenvalue weighted by Crippen LogP contribution is -2.52. The highest BCUT2D eigenvalue weighted by molar-refractivity contribution is 8.26. The van der Waals surface area contributed by atoms with Crippen molar-refractivity contribution in [2.75, 3.05) is 6.61 Å². The maximum atomic E-state index is 13.0. The highest BCUT2D eigenvalue weighted by atomic mass is 32.2. The van der Waals surface area contributed by atoms with Crippen LogP contribution in [-0.4, -0.2) is 33.7 Å². The molecule has 1 fully saturated rings. The standard InChI is InChI=1S/C21H21NO4S2/c1-4-26-16-10-9-13-7-5-6-8-14(13)15(16)11-17-19(23)22(21(27)28-17)18(12(2)3)20(24)25/h5-12,18H,4H2,1-3H3,(H,24,25)/p-1/b17-11-/t18-/m1/s1. The maximum Gasteiger partial charge on any atom is 0.266 e. The van der Waals surface area contributed by atoms with Gasteiger partial charge < -0.3 is 14.6 Å². The monoisotopic (exact) mass is 414 g/mol. The second kappa shape index (κ2) is 8.32. The van der Waals surface area contributed by atoms with Gasteiger partial charge in [-0.3, -0.25) is 9.69 Å². The van der Waals surface area contributed by atoms with Crippen LogP contribution in [0.5, 0.6) is 5.75 Å². The fourth-order valence-corrected chi connectivity index (χ4v) is 4.54. The van der Waals surface area contributed by atoms with Gasteiger partial charge in [-0.25, -0.2) is 0 Å². The van der Waals surface area contributed by atoms with Gasteiger partial charge in [-0.05, 0) is 35.8 Å². The number of hydrogen-bond donors (Lipinski definition) is 0. The van der Waals surface area contributed by atoms with Crippen molar-refractivity contribution in [3.63, 3.8) is 0 Å². The van der Waals surface area contributed by atoms with Gasteiger partial charge in [-0.15, -0.1) is 0 Å². The average molecular weight is 415 g/mol. The second-order valence-electron chi connectivity index (χ2n) is 6.69. The first kappa shape index (κ1) is 20.4. The summed E-state index contributed by atoms with van der Waals surface area (Å²) in [4.78, 5) is 26.1. The molecule has 2 aromatic carbocycles. The summed E-state index contributed by atoms with van der Waals surface area (Å²) in [5, 5.41) is 13.5. The molecule has 0 radical (unpaired) electrons. The third-order valence-corrected chi connectivity index (χ3v) is 5.81. The van der Waals surface area contributed by atoms with Gasteiger partial charge in [0.15, 0.2) is 0 Å². The highest BCUT2D eigenvalue weighted by Crippen LogP contribution is 2.38. The number of carbonyl (C=O) groups excluding carboxylic acids is 2. The van der Waals surface area contributed by atoms with Gasteiger partial charge in [0.1, 0.15) is 10.1 Å². The number of carbonyl (C=O) groups is 2. The van der Waals surface area contributed by atoms with Gasteiger partial charge in [0, 0.05) is 5.56 Å². The third kappa shape index (κ3) is 3.77. The fraction of sp³-hybridized carbons (Fsp3) is 0.286. The summed E-state index contributed by atoms with van der Waals surface area (Å²) in [6.45, 7) is 5.83. The predicted octanol–water partition coefficient (Wildman–Crippen LogP) is 3.21. The molecule has 3 rings (SSSR count). The Kier molecular flexibility index (Phi) is 6.05. The molecular weight excluding hydrogens is 394 g/mol. The SMILES string of the molecule is CCOc1ccc2ccccc2c1/C=C1\SC(=S)N([C@@H](C(=O)[O-])C(C)C)C1=O. The van der Waals surface area contributed by atoms with E-state index in [2.05, 4.69) is 0 Å². The number of ether oxygens (including phenoxy) is 1. The van der Waals surface area contributed by atoms with E-state index in [1.165, 1.54) is 0 Å². The van der Waals surface area contributed by atoms with Crippen molar-refractivity contribution in [2.24, 2.45) is 5.92 Å². The van der Waals surface area contributed by atoms with Crippen molar-refractivity contribution in [3.05, 3.63) is 46.9 Å². The smallest absolute Gasteiger partial charge is 0.266 e. The molecule has 0 aromatic heterocycles. The van der Waals surface area contributed by atoms with Gasteiger partial charge in [0.05, 0.1) is 23.5 Å². The van der Waals surface area contributed by atoms with Crippen LogP contribution in [-0.2, 0) is 9.59 Å². The fourth-order valence-electron chi connectivity index (χ4n) is 3.23. The number of thioether (sulfide) groups is 1. The molecule has 1 aliphatic heterocycles. The van der Waals surface area contributed by atoms with E-state index in [1.807, 2.05) is 43.3 Å². The van der Waals surface area contributed by atoms with Gasteiger partial charge in [-0.2, -0.15) is 0 Å². The van der Waals surface area contributed by atoms with Crippen LogP contribution in [0.25, 0.3) is 16.8 Å². The molecule has 1 amide bonds. The first-order chi connectivity index (χ1) is 13.3. The third-order valence-electron chi connectivity index (χ3n) is 4.48. The Morgan fingerprint density at radius 2 is 2.00 bits per heavy atom. The number of amides is 1. The van der Waals surface area contributed by atoms with Crippen molar-refractivity contribution in [1.29, 1.82) is 0 Å². The van der Waals surface area contributed by atoms with E-state index in [-0.39, 0.29) is 10.2 Å². The van der Waals surface area contributed by atoms with Crippen molar-refractivity contribution in [1.82, 2.24) is 4.90 Å². The number of nitrogens with zero attached hydrogens (tertiary/aromatic N) is 1. The van der Waals surface area contributed by atoms with Crippen molar-refractivity contribution in [2.45, 2.75) is 26.8 Å². The number of aliphatic carboxylic acids is 1. The van der Waals surface area contributed by atoms with E-state index in [4.69, 9.17) is 17.0 Å². The summed E-state index contributed by atoms with van der Waals surface area (Å²) in [6, 6.07) is 10.5. The summed E-state index contributed by atoms with van der Waals surface area (Å²) in [6.07, 6.45) is 1.74. The van der Waals surface area contributed by atoms with Crippen LogP contribution in [0.4, 0.5) is 0 Å². The molecule has 0 aliphatic carbocycles. The number of benzene rings is 2. The van der Waals surface area contributed by atoms with Gasteiger partial charge in [-0.1, -0.05) is 68.2 Å². The van der Waals surface area contributed by atoms with Crippen molar-refractivity contribution < 1.29 is 19.4 Å². The molecule has 0 bridgehead atoms. The molecule has 2 aromatic rings. The second-order valence-corrected chi connectivity index (χ2v) is 8.37. The number of rotatable bonds is 6. The molecule has 1 heterocycles. The Labute approximate surface area is 173 Å². The minimum absolute atomic E-state index is 0.220. The zero-order valence-corrected chi connectivity index (χ0v) is 17.4. The van der Waals surface area contributed by atoms with Gasteiger partial charge >= 0.3 is 0 Å². The molecule has 28 heavy (non-hydrogen) atoms. The first-order valence-corrected chi connectivity index (χ1v) is 10.2. The molecule has 0 spiro atoms. The van der Waals surface area contributed by atoms with Gasteiger partial charge in [0.2, 0.25) is 0 Å². The van der Waals surface area contributed by atoms with E-state index >= 15 is 0 Å². The zero-order chi connectivity index (χ0) is 20.4. The van der Waals surface area contributed by atoms with Crippen LogP contribution in [0.1, 0.15) is 26.3 Å². The van der Waals surface area contributed by atoms with E-state index in [9.17, 15) is 14.7 Å². The Balaban J connectivity index is 2.10. The Morgan fingerprint density at radius 3 is 2.64 bits per heavy atom. The minimum atomic E-state index is -1.31. The summed E-state index contributed by atoms with van der Waals surface area (Å²) < 4.78 is 5.97. The molecule has 5 nitrogen and oxygen atoms in total. The van der Waals surface area contributed by atoms with Crippen LogP contribution in [0.2, 0.25) is 0 Å². The number of carboxylic acid groups (broad SMARTS) is 1. The first-order valence-electron chi connectivity index (χ1n) is 8.97. The molecular formula is C21H20NO4S2-. The Bertz CT molecular complexity index is 984. The summed E-state index contributed by atoms with van der Waals surface area (Å²) in [5.41, 5.74) is 0.773. The molecule has 1 saturated heterocycles. The molecule has 0 unspecified atom stereocenters. The topological polar surface area (TPSA) is 69.7 Å². The van der Waals surface area contributed by atoms with Crippen molar-refractivity contribution in [3.8, 4) is 5.75 Å². The van der Waals surface area contributed by atoms with E-state index in [0.29, 0.717) is 17.3 Å². The molecule has 1 atom stereocenters. The van der Waals surface area contributed by atoms with Crippen LogP contribution in [0.15, 0.2) is 41.3 Å². The summed E-state index contributed by atoms with van der Waals surface area (Å²) in [5.74, 6) is -1.41.